The zero-order valence-corrected chi connectivity index (χ0v) is 14.4. The molecule has 2 aromatic rings. The molecule has 144 valence electrons. The summed E-state index contributed by atoms with van der Waals surface area (Å²) in [5, 5.41) is 0.825. The van der Waals surface area contributed by atoms with Gasteiger partial charge in [-0.3, -0.25) is 0 Å². The van der Waals surface area contributed by atoms with Crippen LogP contribution in [-0.2, 0) is 22.2 Å². The monoisotopic (exact) mass is 407 g/mol. The largest absolute Gasteiger partial charge is 0.416 e. The molecule has 1 aliphatic heterocycles. The van der Waals surface area contributed by atoms with E-state index in [-0.39, 0.29) is 22.2 Å². The standard InChI is InChI=1S/C17H11F6NO2S/c1-24(14-9-27(25,26)15-5-3-2-4-13(14)15)12-7-10(16(18,19)20)6-11(8-12)17(21,22)23/h2-9H,1H3. The van der Waals surface area contributed by atoms with Crippen LogP contribution in [0.15, 0.2) is 52.8 Å². The van der Waals surface area contributed by atoms with E-state index in [4.69, 9.17) is 0 Å². The smallest absolute Gasteiger partial charge is 0.343 e. The van der Waals surface area contributed by atoms with Crippen LogP contribution < -0.4 is 4.90 Å². The Bertz CT molecular complexity index is 1010. The van der Waals surface area contributed by atoms with Crippen molar-refractivity contribution in [2.75, 3.05) is 11.9 Å². The molecule has 0 aromatic heterocycles. The van der Waals surface area contributed by atoms with Crippen LogP contribution in [0.3, 0.4) is 0 Å². The number of sulfone groups is 1. The number of halogens is 6. The van der Waals surface area contributed by atoms with Crippen LogP contribution >= 0.6 is 0 Å². The molecule has 1 aliphatic rings. The van der Waals surface area contributed by atoms with E-state index in [1.54, 1.807) is 0 Å². The van der Waals surface area contributed by atoms with Crippen molar-refractivity contribution >= 4 is 21.2 Å². The number of hydrogen-bond donors (Lipinski definition) is 0. The van der Waals surface area contributed by atoms with Crippen molar-refractivity contribution < 1.29 is 34.8 Å². The molecule has 3 rings (SSSR count). The van der Waals surface area contributed by atoms with Gasteiger partial charge >= 0.3 is 12.4 Å². The Morgan fingerprint density at radius 1 is 0.852 bits per heavy atom. The number of alkyl halides is 6. The Kier molecular flexibility index (Phi) is 4.29. The Morgan fingerprint density at radius 2 is 1.37 bits per heavy atom. The van der Waals surface area contributed by atoms with E-state index in [0.717, 1.165) is 10.3 Å². The minimum absolute atomic E-state index is 0.0157. The van der Waals surface area contributed by atoms with Gasteiger partial charge in [0.15, 0.2) is 0 Å². The van der Waals surface area contributed by atoms with Gasteiger partial charge in [-0.25, -0.2) is 8.42 Å². The molecule has 0 aliphatic carbocycles. The summed E-state index contributed by atoms with van der Waals surface area (Å²) in [6, 6.07) is 6.85. The lowest BCUT2D eigenvalue weighted by atomic mass is 10.1. The van der Waals surface area contributed by atoms with Crippen LogP contribution in [0.5, 0.6) is 0 Å². The molecule has 0 fully saturated rings. The molecule has 0 unspecified atom stereocenters. The predicted octanol–water partition coefficient (Wildman–Crippen LogP) is 4.95. The third kappa shape index (κ3) is 3.53. The topological polar surface area (TPSA) is 37.4 Å². The van der Waals surface area contributed by atoms with E-state index in [9.17, 15) is 34.8 Å². The highest BCUT2D eigenvalue weighted by Gasteiger charge is 2.38. The molecule has 0 saturated heterocycles. The minimum Gasteiger partial charge on any atom is -0.343 e. The highest BCUT2D eigenvalue weighted by atomic mass is 32.2. The molecule has 1 heterocycles. The van der Waals surface area contributed by atoms with Gasteiger partial charge < -0.3 is 4.90 Å². The summed E-state index contributed by atoms with van der Waals surface area (Å²) in [6.07, 6.45) is -9.99. The molecule has 0 N–H and O–H groups in total. The molecule has 0 atom stereocenters. The van der Waals surface area contributed by atoms with E-state index in [1.807, 2.05) is 0 Å². The third-order valence-corrected chi connectivity index (χ3v) is 5.56. The molecule has 0 radical (unpaired) electrons. The number of hydrogen-bond acceptors (Lipinski definition) is 3. The predicted molar refractivity (Wildman–Crippen MR) is 86.5 cm³/mol. The van der Waals surface area contributed by atoms with Crippen molar-refractivity contribution in [2.45, 2.75) is 17.2 Å². The first-order valence-corrected chi connectivity index (χ1v) is 8.95. The maximum absolute atomic E-state index is 13.0. The summed E-state index contributed by atoms with van der Waals surface area (Å²) in [6.45, 7) is 0. The maximum atomic E-state index is 13.0. The normalized spacial score (nSPS) is 16.0. The van der Waals surface area contributed by atoms with Gasteiger partial charge in [-0.1, -0.05) is 18.2 Å². The molecule has 2 aromatic carbocycles. The van der Waals surface area contributed by atoms with Gasteiger partial charge in [-0.05, 0) is 24.3 Å². The summed E-state index contributed by atoms with van der Waals surface area (Å²) in [5.41, 5.74) is -3.21. The molecule has 0 spiro atoms. The second-order valence-electron chi connectivity index (χ2n) is 5.87. The van der Waals surface area contributed by atoms with Gasteiger partial charge in [0.25, 0.3) is 0 Å². The van der Waals surface area contributed by atoms with E-state index < -0.39 is 39.0 Å². The van der Waals surface area contributed by atoms with E-state index in [0.29, 0.717) is 12.1 Å². The highest BCUT2D eigenvalue weighted by molar-refractivity contribution is 7.95. The highest BCUT2D eigenvalue weighted by Crippen LogP contribution is 2.41. The fourth-order valence-corrected chi connectivity index (χ4v) is 4.18. The van der Waals surface area contributed by atoms with E-state index >= 15 is 0 Å². The first-order valence-electron chi connectivity index (χ1n) is 7.40. The average molecular weight is 407 g/mol. The first-order chi connectivity index (χ1) is 12.3. The average Bonchev–Trinajstić information content (AvgIpc) is 2.84. The van der Waals surface area contributed by atoms with Crippen LogP contribution in [0.4, 0.5) is 32.0 Å². The molecular weight excluding hydrogens is 396 g/mol. The Hall–Kier alpha value is -2.49. The Balaban J connectivity index is 2.17. The van der Waals surface area contributed by atoms with Crippen LogP contribution in [0.25, 0.3) is 5.70 Å². The molecule has 10 heteroatoms. The zero-order valence-electron chi connectivity index (χ0n) is 13.6. The summed E-state index contributed by atoms with van der Waals surface area (Å²) in [4.78, 5) is 0.934. The van der Waals surface area contributed by atoms with Gasteiger partial charge in [0.2, 0.25) is 9.84 Å². The van der Waals surface area contributed by atoms with Crippen molar-refractivity contribution in [2.24, 2.45) is 0 Å². The van der Waals surface area contributed by atoms with Crippen LogP contribution in [-0.4, -0.2) is 15.5 Å². The van der Waals surface area contributed by atoms with Crippen molar-refractivity contribution in [1.29, 1.82) is 0 Å². The first kappa shape index (κ1) is 19.3. The van der Waals surface area contributed by atoms with E-state index in [2.05, 4.69) is 0 Å². The Morgan fingerprint density at radius 3 is 1.89 bits per heavy atom. The lowest BCUT2D eigenvalue weighted by Crippen LogP contribution is -2.18. The lowest BCUT2D eigenvalue weighted by molar-refractivity contribution is -0.143. The number of anilines is 1. The second-order valence-corrected chi connectivity index (χ2v) is 7.63. The van der Waals surface area contributed by atoms with Crippen LogP contribution in [0.1, 0.15) is 16.7 Å². The van der Waals surface area contributed by atoms with Gasteiger partial charge in [-0.15, -0.1) is 0 Å². The van der Waals surface area contributed by atoms with Gasteiger partial charge in [0.1, 0.15) is 0 Å². The zero-order chi connectivity index (χ0) is 20.2. The fourth-order valence-electron chi connectivity index (χ4n) is 2.73. The number of benzene rings is 2. The summed E-state index contributed by atoms with van der Waals surface area (Å²) >= 11 is 0. The summed E-state index contributed by atoms with van der Waals surface area (Å²) in [5.74, 6) is 0. The van der Waals surface area contributed by atoms with E-state index in [1.165, 1.54) is 31.3 Å². The lowest BCUT2D eigenvalue weighted by Gasteiger charge is -2.23. The molecule has 0 bridgehead atoms. The maximum Gasteiger partial charge on any atom is 0.416 e. The molecular formula is C17H11F6NO2S. The van der Waals surface area contributed by atoms with Crippen LogP contribution in [0, 0.1) is 0 Å². The van der Waals surface area contributed by atoms with Gasteiger partial charge in [0.05, 0.1) is 27.1 Å². The van der Waals surface area contributed by atoms with Crippen molar-refractivity contribution in [3.63, 3.8) is 0 Å². The Labute approximate surface area is 150 Å². The molecule has 27 heavy (non-hydrogen) atoms. The number of fused-ring (bicyclic) bond motifs is 1. The summed E-state index contributed by atoms with van der Waals surface area (Å²) in [7, 11) is -2.63. The number of nitrogens with zero attached hydrogens (tertiary/aromatic N) is 1. The number of rotatable bonds is 2. The van der Waals surface area contributed by atoms with Crippen LogP contribution in [0.2, 0.25) is 0 Å². The third-order valence-electron chi connectivity index (χ3n) is 4.06. The molecule has 0 saturated carbocycles. The quantitative estimate of drug-likeness (QED) is 0.662. The van der Waals surface area contributed by atoms with Crippen molar-refractivity contribution in [3.8, 4) is 0 Å². The fraction of sp³-hybridized carbons (Fsp3) is 0.176. The molecule has 3 nitrogen and oxygen atoms in total. The van der Waals surface area contributed by atoms with Crippen molar-refractivity contribution in [3.05, 3.63) is 64.6 Å². The summed E-state index contributed by atoms with van der Waals surface area (Å²) < 4.78 is 103. The minimum atomic E-state index is -5.00. The SMILES string of the molecule is CN(C1=CS(=O)(=O)c2ccccc21)c1cc(C(F)(F)F)cc(C(F)(F)F)c1. The van der Waals surface area contributed by atoms with Gasteiger partial charge in [0, 0.05) is 18.3 Å². The van der Waals surface area contributed by atoms with Gasteiger partial charge in [-0.2, -0.15) is 26.3 Å². The molecule has 0 amide bonds. The van der Waals surface area contributed by atoms with Crippen molar-refractivity contribution in [1.82, 2.24) is 0 Å². The second kappa shape index (κ2) is 6.01.